The predicted octanol–water partition coefficient (Wildman–Crippen LogP) is 2.25. The van der Waals surface area contributed by atoms with E-state index in [0.717, 1.165) is 17.4 Å². The van der Waals surface area contributed by atoms with Crippen LogP contribution in [0.25, 0.3) is 0 Å². The van der Waals surface area contributed by atoms with E-state index in [1.807, 2.05) is 33.1 Å². The number of nitrogens with one attached hydrogen (secondary N) is 2. The maximum absolute atomic E-state index is 11.7. The third-order valence-corrected chi connectivity index (χ3v) is 4.04. The highest BCUT2D eigenvalue weighted by Gasteiger charge is 2.14. The first kappa shape index (κ1) is 15.9. The van der Waals surface area contributed by atoms with E-state index in [2.05, 4.69) is 25.5 Å². The number of aromatic nitrogens is 5. The van der Waals surface area contributed by atoms with E-state index in [1.54, 1.807) is 4.57 Å². The van der Waals surface area contributed by atoms with Gasteiger partial charge in [0.05, 0.1) is 0 Å². The average Bonchev–Trinajstić information content (AvgIpc) is 2.79. The summed E-state index contributed by atoms with van der Waals surface area (Å²) in [5.74, 6) is 0.772. The van der Waals surface area contributed by atoms with Gasteiger partial charge >= 0.3 is 5.69 Å². The van der Waals surface area contributed by atoms with Crippen LogP contribution < -0.4 is 11.0 Å². The van der Waals surface area contributed by atoms with Crippen LogP contribution in [0.1, 0.15) is 26.8 Å². The fraction of sp³-hybridized carbons (Fsp3) is 0.500. The van der Waals surface area contributed by atoms with Crippen LogP contribution in [0.15, 0.2) is 26.2 Å². The summed E-state index contributed by atoms with van der Waals surface area (Å²) in [6.45, 7) is 6.68. The number of nitrogens with zero attached hydrogens (tertiary/aromatic N) is 4. The Morgan fingerprint density at radius 2 is 2.19 bits per heavy atom. The molecule has 0 aromatic carbocycles. The third-order valence-electron chi connectivity index (χ3n) is 2.61. The second-order valence-corrected chi connectivity index (χ2v) is 6.25. The summed E-state index contributed by atoms with van der Waals surface area (Å²) in [7, 11) is 0. The van der Waals surface area contributed by atoms with Crippen molar-refractivity contribution in [2.24, 2.45) is 0 Å². The molecule has 0 atom stereocenters. The number of hydrogen-bond acceptors (Lipinski definition) is 7. The number of rotatable bonds is 6. The SMILES string of the molecule is CCNc1cc(Sc2n[nH]c(=O)n2C(C)C)nc(SC)n1. The van der Waals surface area contributed by atoms with Crippen molar-refractivity contribution in [1.29, 1.82) is 0 Å². The highest BCUT2D eigenvalue weighted by molar-refractivity contribution is 7.99. The van der Waals surface area contributed by atoms with E-state index in [4.69, 9.17) is 0 Å². The predicted molar refractivity (Wildman–Crippen MR) is 85.3 cm³/mol. The van der Waals surface area contributed by atoms with Gasteiger partial charge in [-0.15, -0.1) is 5.10 Å². The molecule has 2 aromatic rings. The van der Waals surface area contributed by atoms with E-state index < -0.39 is 0 Å². The second-order valence-electron chi connectivity index (χ2n) is 4.49. The van der Waals surface area contributed by atoms with Crippen molar-refractivity contribution in [2.45, 2.75) is 42.2 Å². The number of hydrogen-bond donors (Lipinski definition) is 2. The lowest BCUT2D eigenvalue weighted by atomic mass is 10.4. The summed E-state index contributed by atoms with van der Waals surface area (Å²) in [5.41, 5.74) is -0.210. The van der Waals surface area contributed by atoms with Crippen molar-refractivity contribution in [3.05, 3.63) is 16.6 Å². The number of H-pyrrole nitrogens is 1. The van der Waals surface area contributed by atoms with Crippen LogP contribution >= 0.6 is 23.5 Å². The van der Waals surface area contributed by atoms with Crippen LogP contribution in [-0.2, 0) is 0 Å². The van der Waals surface area contributed by atoms with Crippen molar-refractivity contribution in [1.82, 2.24) is 24.7 Å². The minimum absolute atomic E-state index is 0.0360. The van der Waals surface area contributed by atoms with E-state index >= 15 is 0 Å². The van der Waals surface area contributed by atoms with Crippen LogP contribution in [0.3, 0.4) is 0 Å². The first-order valence-corrected chi connectivity index (χ1v) is 8.61. The molecule has 0 unspecified atom stereocenters. The molecule has 0 aliphatic heterocycles. The minimum atomic E-state index is -0.210. The van der Waals surface area contributed by atoms with Crippen molar-refractivity contribution in [3.8, 4) is 0 Å². The number of thioether (sulfide) groups is 1. The summed E-state index contributed by atoms with van der Waals surface area (Å²) >= 11 is 2.83. The summed E-state index contributed by atoms with van der Waals surface area (Å²) in [4.78, 5) is 20.6. The lowest BCUT2D eigenvalue weighted by molar-refractivity contribution is 0.533. The normalized spacial score (nSPS) is 11.1. The Labute approximate surface area is 131 Å². The molecule has 0 aliphatic rings. The first-order valence-electron chi connectivity index (χ1n) is 6.56. The van der Waals surface area contributed by atoms with Gasteiger partial charge in [-0.25, -0.2) is 19.9 Å². The van der Waals surface area contributed by atoms with Crippen molar-refractivity contribution >= 4 is 29.3 Å². The van der Waals surface area contributed by atoms with Gasteiger partial charge in [-0.2, -0.15) is 0 Å². The maximum atomic E-state index is 11.7. The number of aromatic amines is 1. The van der Waals surface area contributed by atoms with Gasteiger partial charge < -0.3 is 5.32 Å². The van der Waals surface area contributed by atoms with Gasteiger partial charge in [-0.1, -0.05) is 11.8 Å². The molecule has 2 aromatic heterocycles. The summed E-state index contributed by atoms with van der Waals surface area (Å²) in [5, 5.41) is 11.8. The molecule has 0 amide bonds. The monoisotopic (exact) mass is 326 g/mol. The fourth-order valence-electron chi connectivity index (χ4n) is 1.73. The van der Waals surface area contributed by atoms with Gasteiger partial charge in [0.15, 0.2) is 10.3 Å². The van der Waals surface area contributed by atoms with E-state index in [-0.39, 0.29) is 11.7 Å². The highest BCUT2D eigenvalue weighted by atomic mass is 32.2. The van der Waals surface area contributed by atoms with Gasteiger partial charge in [0.25, 0.3) is 0 Å². The van der Waals surface area contributed by atoms with Crippen LogP contribution in [0, 0.1) is 0 Å². The molecule has 21 heavy (non-hydrogen) atoms. The van der Waals surface area contributed by atoms with Crippen molar-refractivity contribution in [3.63, 3.8) is 0 Å². The molecular weight excluding hydrogens is 308 g/mol. The molecule has 0 aliphatic carbocycles. The third kappa shape index (κ3) is 3.79. The van der Waals surface area contributed by atoms with Gasteiger partial charge in [0, 0.05) is 18.7 Å². The Bertz CT molecular complexity index is 666. The molecule has 7 nitrogen and oxygen atoms in total. The lowest BCUT2D eigenvalue weighted by Crippen LogP contribution is -2.19. The molecule has 2 N–H and O–H groups in total. The topological polar surface area (TPSA) is 88.5 Å². The zero-order valence-corrected chi connectivity index (χ0v) is 14.0. The van der Waals surface area contributed by atoms with Crippen molar-refractivity contribution in [2.75, 3.05) is 18.1 Å². The minimum Gasteiger partial charge on any atom is -0.370 e. The molecule has 114 valence electrons. The summed E-state index contributed by atoms with van der Waals surface area (Å²) < 4.78 is 1.61. The molecule has 0 saturated heterocycles. The fourth-order valence-corrected chi connectivity index (χ4v) is 3.14. The quantitative estimate of drug-likeness (QED) is 0.478. The molecule has 2 heterocycles. The molecule has 0 radical (unpaired) electrons. The largest absolute Gasteiger partial charge is 0.370 e. The van der Waals surface area contributed by atoms with Gasteiger partial charge in [-0.3, -0.25) is 4.57 Å². The van der Waals surface area contributed by atoms with Gasteiger partial charge in [0.1, 0.15) is 10.8 Å². The molecule has 0 bridgehead atoms. The average molecular weight is 326 g/mol. The lowest BCUT2D eigenvalue weighted by Gasteiger charge is -2.09. The Kier molecular flexibility index (Phi) is 5.29. The van der Waals surface area contributed by atoms with Crippen LogP contribution in [0.2, 0.25) is 0 Å². The zero-order valence-electron chi connectivity index (χ0n) is 12.4. The Balaban J connectivity index is 2.35. The molecule has 0 saturated carbocycles. The molecule has 2 rings (SSSR count). The Hall–Kier alpha value is -1.48. The van der Waals surface area contributed by atoms with E-state index in [1.165, 1.54) is 23.5 Å². The maximum Gasteiger partial charge on any atom is 0.344 e. The van der Waals surface area contributed by atoms with Gasteiger partial charge in [-0.05, 0) is 38.8 Å². The molecule has 9 heteroatoms. The Morgan fingerprint density at radius 1 is 1.43 bits per heavy atom. The summed E-state index contributed by atoms with van der Waals surface area (Å²) in [6, 6.07) is 1.89. The summed E-state index contributed by atoms with van der Waals surface area (Å²) in [6.07, 6.45) is 1.93. The molecule has 0 spiro atoms. The number of anilines is 1. The molecule has 0 fully saturated rings. The second kappa shape index (κ2) is 6.99. The smallest absolute Gasteiger partial charge is 0.344 e. The van der Waals surface area contributed by atoms with Crippen molar-refractivity contribution < 1.29 is 0 Å². The van der Waals surface area contributed by atoms with Crippen LogP contribution in [0.4, 0.5) is 5.82 Å². The van der Waals surface area contributed by atoms with E-state index in [0.29, 0.717) is 10.3 Å². The van der Waals surface area contributed by atoms with Gasteiger partial charge in [0.2, 0.25) is 0 Å². The highest BCUT2D eigenvalue weighted by Crippen LogP contribution is 2.28. The standard InChI is InChI=1S/C12H18N6OS2/c1-5-13-8-6-9(15-10(14-8)20-4)21-12-17-16-11(19)18(12)7(2)3/h6-7H,5H2,1-4H3,(H,16,19)(H,13,14,15). The zero-order chi connectivity index (χ0) is 15.4. The van der Waals surface area contributed by atoms with E-state index in [9.17, 15) is 4.79 Å². The Morgan fingerprint density at radius 3 is 2.81 bits per heavy atom. The first-order chi connectivity index (χ1) is 10.0. The van der Waals surface area contributed by atoms with Crippen LogP contribution in [-0.4, -0.2) is 37.5 Å². The van der Waals surface area contributed by atoms with Crippen LogP contribution in [0.5, 0.6) is 0 Å². The molecular formula is C12H18N6OS2.